The highest BCUT2D eigenvalue weighted by Crippen LogP contribution is 2.38. The summed E-state index contributed by atoms with van der Waals surface area (Å²) in [6, 6.07) is 14.9. The number of anilines is 2. The first-order valence-corrected chi connectivity index (χ1v) is 7.69. The third kappa shape index (κ3) is 1.80. The standard InChI is InChI=1S/C18H14N6/c19-15-14-17(24-18(20)22-15)23-16(21-14)10-5-6-13-11(8-10)7-9-3-1-2-4-12(9)13/h1-6,8H,7H2,(H5,19,20,21,22,23,24). The second kappa shape index (κ2) is 4.55. The molecule has 0 saturated heterocycles. The minimum absolute atomic E-state index is 0.127. The Hall–Kier alpha value is -3.41. The van der Waals surface area contributed by atoms with Gasteiger partial charge in [-0.2, -0.15) is 9.97 Å². The number of nitrogens with one attached hydrogen (secondary N) is 1. The van der Waals surface area contributed by atoms with Gasteiger partial charge in [0, 0.05) is 5.56 Å². The van der Waals surface area contributed by atoms with Crippen molar-refractivity contribution in [2.75, 3.05) is 11.5 Å². The molecule has 0 fully saturated rings. The monoisotopic (exact) mass is 314 g/mol. The van der Waals surface area contributed by atoms with Crippen molar-refractivity contribution >= 4 is 22.9 Å². The van der Waals surface area contributed by atoms with Gasteiger partial charge in [0.1, 0.15) is 11.3 Å². The van der Waals surface area contributed by atoms with E-state index in [1.807, 2.05) is 0 Å². The molecule has 1 aliphatic carbocycles. The molecular weight excluding hydrogens is 300 g/mol. The molecule has 0 bridgehead atoms. The topological polar surface area (TPSA) is 106 Å². The third-order valence-electron chi connectivity index (χ3n) is 4.46. The highest BCUT2D eigenvalue weighted by Gasteiger charge is 2.19. The zero-order valence-corrected chi connectivity index (χ0v) is 12.7. The number of H-pyrrole nitrogens is 1. The van der Waals surface area contributed by atoms with Crippen molar-refractivity contribution in [2.24, 2.45) is 0 Å². The fourth-order valence-electron chi connectivity index (χ4n) is 3.37. The van der Waals surface area contributed by atoms with Gasteiger partial charge in [-0.05, 0) is 34.7 Å². The van der Waals surface area contributed by atoms with Crippen LogP contribution >= 0.6 is 0 Å². The van der Waals surface area contributed by atoms with Gasteiger partial charge in [0.2, 0.25) is 5.95 Å². The highest BCUT2D eigenvalue weighted by atomic mass is 15.1. The molecule has 0 amide bonds. The second-order valence-electron chi connectivity index (χ2n) is 5.96. The smallest absolute Gasteiger partial charge is 0.224 e. The third-order valence-corrected chi connectivity index (χ3v) is 4.46. The Morgan fingerprint density at radius 3 is 2.62 bits per heavy atom. The summed E-state index contributed by atoms with van der Waals surface area (Å²) in [4.78, 5) is 15.8. The molecule has 6 heteroatoms. The molecule has 5 rings (SSSR count). The molecule has 0 spiro atoms. The van der Waals surface area contributed by atoms with Crippen molar-refractivity contribution in [1.82, 2.24) is 19.9 Å². The van der Waals surface area contributed by atoms with Crippen LogP contribution in [0.15, 0.2) is 42.5 Å². The van der Waals surface area contributed by atoms with Crippen LogP contribution in [0.5, 0.6) is 0 Å². The lowest BCUT2D eigenvalue weighted by molar-refractivity contribution is 1.22. The molecular formula is C18H14N6. The normalized spacial score (nSPS) is 12.3. The summed E-state index contributed by atoms with van der Waals surface area (Å²) in [5.74, 6) is 1.16. The van der Waals surface area contributed by atoms with Crippen molar-refractivity contribution in [1.29, 1.82) is 0 Å². The van der Waals surface area contributed by atoms with E-state index in [1.165, 1.54) is 22.3 Å². The summed E-state index contributed by atoms with van der Waals surface area (Å²) in [6.45, 7) is 0. The zero-order chi connectivity index (χ0) is 16.3. The first kappa shape index (κ1) is 13.1. The second-order valence-corrected chi connectivity index (χ2v) is 5.96. The van der Waals surface area contributed by atoms with E-state index < -0.39 is 0 Å². The van der Waals surface area contributed by atoms with E-state index in [2.05, 4.69) is 62.4 Å². The predicted molar refractivity (Wildman–Crippen MR) is 94.2 cm³/mol. The Bertz CT molecular complexity index is 1110. The highest BCUT2D eigenvalue weighted by molar-refractivity contribution is 5.86. The molecule has 0 radical (unpaired) electrons. The van der Waals surface area contributed by atoms with Crippen LogP contribution in [0.2, 0.25) is 0 Å². The van der Waals surface area contributed by atoms with Crippen LogP contribution in [0.25, 0.3) is 33.7 Å². The minimum Gasteiger partial charge on any atom is -0.382 e. The molecule has 0 saturated carbocycles. The molecule has 2 aromatic carbocycles. The van der Waals surface area contributed by atoms with Gasteiger partial charge in [-0.15, -0.1) is 0 Å². The summed E-state index contributed by atoms with van der Waals surface area (Å²) in [6.07, 6.45) is 0.939. The molecule has 5 N–H and O–H groups in total. The number of rotatable bonds is 1. The molecule has 6 nitrogen and oxygen atoms in total. The van der Waals surface area contributed by atoms with E-state index in [1.54, 1.807) is 0 Å². The van der Waals surface area contributed by atoms with Crippen LogP contribution in [0.3, 0.4) is 0 Å². The number of fused-ring (bicyclic) bond motifs is 4. The Morgan fingerprint density at radius 1 is 0.875 bits per heavy atom. The van der Waals surface area contributed by atoms with E-state index in [4.69, 9.17) is 11.5 Å². The van der Waals surface area contributed by atoms with Gasteiger partial charge in [-0.3, -0.25) is 0 Å². The predicted octanol–water partition coefficient (Wildman–Crippen LogP) is 2.76. The maximum atomic E-state index is 5.89. The fourth-order valence-corrected chi connectivity index (χ4v) is 3.37. The number of imidazole rings is 1. The Morgan fingerprint density at radius 2 is 1.71 bits per heavy atom. The minimum atomic E-state index is 0.127. The van der Waals surface area contributed by atoms with E-state index in [9.17, 15) is 0 Å². The van der Waals surface area contributed by atoms with Crippen molar-refractivity contribution < 1.29 is 0 Å². The van der Waals surface area contributed by atoms with E-state index >= 15 is 0 Å². The lowest BCUT2D eigenvalue weighted by atomic mass is 10.0. The number of hydrogen-bond donors (Lipinski definition) is 3. The fraction of sp³-hybridized carbons (Fsp3) is 0.0556. The number of aromatic nitrogens is 4. The number of aromatic amines is 1. The summed E-state index contributed by atoms with van der Waals surface area (Å²) >= 11 is 0. The van der Waals surface area contributed by atoms with Gasteiger partial charge >= 0.3 is 0 Å². The molecule has 116 valence electrons. The average molecular weight is 314 g/mol. The van der Waals surface area contributed by atoms with Crippen molar-refractivity contribution in [3.05, 3.63) is 53.6 Å². The molecule has 0 atom stereocenters. The van der Waals surface area contributed by atoms with Crippen molar-refractivity contribution in [2.45, 2.75) is 6.42 Å². The number of nitrogens with two attached hydrogens (primary N) is 2. The molecule has 24 heavy (non-hydrogen) atoms. The van der Waals surface area contributed by atoms with E-state index in [0.29, 0.717) is 17.0 Å². The van der Waals surface area contributed by atoms with Crippen LogP contribution in [-0.2, 0) is 6.42 Å². The summed E-state index contributed by atoms with van der Waals surface area (Å²) in [5, 5.41) is 0. The van der Waals surface area contributed by atoms with Crippen LogP contribution in [0.4, 0.5) is 11.8 Å². The molecule has 0 unspecified atom stereocenters. The lowest BCUT2D eigenvalue weighted by Crippen LogP contribution is -1.99. The quantitative estimate of drug-likeness (QED) is 0.441. The zero-order valence-electron chi connectivity index (χ0n) is 12.7. The van der Waals surface area contributed by atoms with Crippen LogP contribution in [-0.4, -0.2) is 19.9 Å². The molecule has 0 aliphatic heterocycles. The van der Waals surface area contributed by atoms with Crippen molar-refractivity contribution in [3.8, 4) is 22.5 Å². The van der Waals surface area contributed by atoms with Gasteiger partial charge < -0.3 is 16.5 Å². The van der Waals surface area contributed by atoms with Crippen molar-refractivity contribution in [3.63, 3.8) is 0 Å². The summed E-state index contributed by atoms with van der Waals surface area (Å²) in [7, 11) is 0. The van der Waals surface area contributed by atoms with Gasteiger partial charge in [-0.25, -0.2) is 4.98 Å². The van der Waals surface area contributed by atoms with Gasteiger partial charge in [-0.1, -0.05) is 36.4 Å². The van der Waals surface area contributed by atoms with Gasteiger partial charge in [0.25, 0.3) is 0 Å². The van der Waals surface area contributed by atoms with E-state index in [0.717, 1.165) is 17.8 Å². The van der Waals surface area contributed by atoms with Crippen LogP contribution in [0, 0.1) is 0 Å². The summed E-state index contributed by atoms with van der Waals surface area (Å²) < 4.78 is 0. The van der Waals surface area contributed by atoms with Crippen LogP contribution < -0.4 is 11.5 Å². The van der Waals surface area contributed by atoms with E-state index in [-0.39, 0.29) is 5.95 Å². The molecule has 4 aromatic rings. The Labute approximate surface area is 137 Å². The Balaban J connectivity index is 1.64. The first-order chi connectivity index (χ1) is 11.7. The number of hydrogen-bond acceptors (Lipinski definition) is 5. The van der Waals surface area contributed by atoms with Gasteiger partial charge in [0.05, 0.1) is 0 Å². The summed E-state index contributed by atoms with van der Waals surface area (Å²) in [5.41, 5.74) is 18.9. The number of benzene rings is 2. The molecule has 1 aliphatic rings. The first-order valence-electron chi connectivity index (χ1n) is 7.69. The largest absolute Gasteiger partial charge is 0.382 e. The molecule has 2 aromatic heterocycles. The lowest BCUT2D eigenvalue weighted by Gasteiger charge is -2.03. The number of nitrogen functional groups attached to an aromatic ring is 2. The van der Waals surface area contributed by atoms with Gasteiger partial charge in [0.15, 0.2) is 11.5 Å². The Kier molecular flexibility index (Phi) is 2.48. The molecule has 2 heterocycles. The maximum Gasteiger partial charge on any atom is 0.224 e. The SMILES string of the molecule is Nc1nc(N)c2[nH]c(-c3ccc4c(c3)Cc3ccccc3-4)nc2n1. The van der Waals surface area contributed by atoms with Crippen LogP contribution in [0.1, 0.15) is 11.1 Å². The average Bonchev–Trinajstić information content (AvgIpc) is 3.15. The number of nitrogens with zero attached hydrogens (tertiary/aromatic N) is 3. The maximum absolute atomic E-state index is 5.89.